The Kier molecular flexibility index (Phi) is 7.61. The molecule has 8 nitrogen and oxygen atoms in total. The zero-order valence-corrected chi connectivity index (χ0v) is 22.8. The quantitative estimate of drug-likeness (QED) is 0.397. The first-order chi connectivity index (χ1) is 18.2. The molecule has 1 aliphatic heterocycles. The lowest BCUT2D eigenvalue weighted by molar-refractivity contribution is -0.140. The Balaban J connectivity index is 1.28. The highest BCUT2D eigenvalue weighted by molar-refractivity contribution is 7.91. The highest BCUT2D eigenvalue weighted by Gasteiger charge is 2.63. The van der Waals surface area contributed by atoms with Crippen LogP contribution in [0.5, 0.6) is 0 Å². The van der Waals surface area contributed by atoms with Crippen molar-refractivity contribution in [2.45, 2.75) is 34.9 Å². The van der Waals surface area contributed by atoms with Gasteiger partial charge in [0.15, 0.2) is 0 Å². The number of amides is 1. The number of sulfonamides is 1. The number of nitrogens with zero attached hydrogens (tertiary/aromatic N) is 1. The van der Waals surface area contributed by atoms with Crippen LogP contribution in [0.4, 0.5) is 0 Å². The molecule has 0 bridgehead atoms. The summed E-state index contributed by atoms with van der Waals surface area (Å²) in [4.78, 5) is 27.3. The number of ether oxygens (including phenoxy) is 1. The number of hydrogen-bond donors (Lipinski definition) is 2. The molecule has 2 aliphatic rings. The molecule has 1 saturated carbocycles. The first-order valence-electron chi connectivity index (χ1n) is 12.3. The molecule has 3 aromatic rings. The highest BCUT2D eigenvalue weighted by atomic mass is 35.5. The molecule has 2 N–H and O–H groups in total. The third-order valence-corrected chi connectivity index (χ3v) is 10.4. The predicted octanol–water partition coefficient (Wildman–Crippen LogP) is 4.15. The summed E-state index contributed by atoms with van der Waals surface area (Å²) in [6.07, 6.45) is 1.01. The number of carbonyl (C=O) groups excluding carboxylic acids is 1. The van der Waals surface area contributed by atoms with Crippen LogP contribution in [-0.2, 0) is 30.8 Å². The van der Waals surface area contributed by atoms with Gasteiger partial charge in [0.05, 0.1) is 13.2 Å². The van der Waals surface area contributed by atoms with E-state index in [1.165, 1.54) is 6.07 Å². The minimum atomic E-state index is -4.08. The van der Waals surface area contributed by atoms with Crippen molar-refractivity contribution in [1.29, 1.82) is 0 Å². The van der Waals surface area contributed by atoms with E-state index in [4.69, 9.17) is 16.3 Å². The van der Waals surface area contributed by atoms with E-state index in [0.717, 1.165) is 32.9 Å². The van der Waals surface area contributed by atoms with Crippen molar-refractivity contribution in [2.75, 3.05) is 26.3 Å². The largest absolute Gasteiger partial charge is 0.480 e. The summed E-state index contributed by atoms with van der Waals surface area (Å²) in [5.74, 6) is -1.67. The molecule has 11 heteroatoms. The third-order valence-electron chi connectivity index (χ3n) is 6.98. The van der Waals surface area contributed by atoms with Crippen LogP contribution in [0.3, 0.4) is 0 Å². The SMILES string of the molecule is O=C(CCc1cccc(C2CC2(NS(=O)(=O)c2ccc(-c3ccc(Cl)cc3)s2)C(=O)O)c1)N1CCOCC1. The number of aryl methyl sites for hydroxylation is 1. The van der Waals surface area contributed by atoms with Gasteiger partial charge in [0.2, 0.25) is 5.91 Å². The van der Waals surface area contributed by atoms with E-state index in [0.29, 0.717) is 44.2 Å². The van der Waals surface area contributed by atoms with Gasteiger partial charge in [0, 0.05) is 35.3 Å². The molecular weight excluding hydrogens is 548 g/mol. The van der Waals surface area contributed by atoms with Crippen molar-refractivity contribution in [3.8, 4) is 10.4 Å². The van der Waals surface area contributed by atoms with Crippen molar-refractivity contribution in [3.05, 3.63) is 76.8 Å². The number of halogens is 1. The monoisotopic (exact) mass is 574 g/mol. The van der Waals surface area contributed by atoms with Crippen LogP contribution < -0.4 is 4.72 Å². The minimum Gasteiger partial charge on any atom is -0.480 e. The van der Waals surface area contributed by atoms with Gasteiger partial charge in [-0.1, -0.05) is 48.0 Å². The molecule has 5 rings (SSSR count). The van der Waals surface area contributed by atoms with E-state index < -0.39 is 27.4 Å². The van der Waals surface area contributed by atoms with Crippen LogP contribution in [0.25, 0.3) is 10.4 Å². The normalized spacial score (nSPS) is 21.3. The molecular formula is C27H27ClN2O6S2. The molecule has 1 aromatic heterocycles. The fourth-order valence-corrected chi connectivity index (χ4v) is 7.61. The lowest BCUT2D eigenvalue weighted by atomic mass is 10.0. The lowest BCUT2D eigenvalue weighted by Gasteiger charge is -2.26. The van der Waals surface area contributed by atoms with E-state index in [9.17, 15) is 23.1 Å². The minimum absolute atomic E-state index is 0.0455. The van der Waals surface area contributed by atoms with E-state index in [1.807, 2.05) is 18.2 Å². The second-order valence-electron chi connectivity index (χ2n) is 9.50. The van der Waals surface area contributed by atoms with Crippen molar-refractivity contribution >= 4 is 44.8 Å². The number of thiophene rings is 1. The fourth-order valence-electron chi connectivity index (χ4n) is 4.77. The Morgan fingerprint density at radius 1 is 1.11 bits per heavy atom. The number of carboxylic acid groups (broad SMARTS) is 1. The first kappa shape index (κ1) is 26.8. The summed E-state index contributed by atoms with van der Waals surface area (Å²) in [6.45, 7) is 2.27. The van der Waals surface area contributed by atoms with Gasteiger partial charge >= 0.3 is 5.97 Å². The number of aliphatic carboxylic acids is 1. The zero-order chi connectivity index (χ0) is 26.9. The number of nitrogens with one attached hydrogen (secondary N) is 1. The first-order valence-corrected chi connectivity index (χ1v) is 14.9. The maximum absolute atomic E-state index is 13.2. The second kappa shape index (κ2) is 10.8. The van der Waals surface area contributed by atoms with Crippen LogP contribution in [0.1, 0.15) is 29.9 Å². The molecule has 2 atom stereocenters. The van der Waals surface area contributed by atoms with Gasteiger partial charge in [-0.05, 0) is 53.8 Å². The van der Waals surface area contributed by atoms with E-state index in [2.05, 4.69) is 4.72 Å². The molecule has 200 valence electrons. The molecule has 2 aromatic carbocycles. The molecule has 38 heavy (non-hydrogen) atoms. The lowest BCUT2D eigenvalue weighted by Crippen LogP contribution is -2.44. The molecule has 2 heterocycles. The van der Waals surface area contributed by atoms with Crippen molar-refractivity contribution in [3.63, 3.8) is 0 Å². The van der Waals surface area contributed by atoms with Crippen LogP contribution in [0, 0.1) is 0 Å². The Morgan fingerprint density at radius 3 is 2.55 bits per heavy atom. The van der Waals surface area contributed by atoms with Gasteiger partial charge in [0.25, 0.3) is 10.0 Å². The molecule has 1 aliphatic carbocycles. The average molecular weight is 575 g/mol. The molecule has 0 spiro atoms. The van der Waals surface area contributed by atoms with Gasteiger partial charge in [-0.25, -0.2) is 8.42 Å². The topological polar surface area (TPSA) is 113 Å². The van der Waals surface area contributed by atoms with Crippen molar-refractivity contribution < 1.29 is 27.9 Å². The fraction of sp³-hybridized carbons (Fsp3) is 0.333. The molecule has 0 radical (unpaired) electrons. The maximum Gasteiger partial charge on any atom is 0.325 e. The van der Waals surface area contributed by atoms with Crippen LogP contribution in [0.2, 0.25) is 5.02 Å². The standard InChI is InChI=1S/C27H27ClN2O6S2/c28-21-7-5-19(6-8-21)23-9-11-25(37-23)38(34,35)29-27(26(32)33)17-22(27)20-3-1-2-18(16-20)4-10-24(31)30-12-14-36-15-13-30/h1-3,5-9,11,16,22,29H,4,10,12-15,17H2,(H,32,33). The predicted molar refractivity (Wildman–Crippen MR) is 145 cm³/mol. The number of hydrogen-bond acceptors (Lipinski definition) is 6. The number of carbonyl (C=O) groups is 2. The van der Waals surface area contributed by atoms with Gasteiger partial charge < -0.3 is 14.7 Å². The molecule has 2 fully saturated rings. The Labute approximate surface area is 230 Å². The van der Waals surface area contributed by atoms with E-state index in [1.54, 1.807) is 41.3 Å². The molecule has 1 saturated heterocycles. The summed E-state index contributed by atoms with van der Waals surface area (Å²) >= 11 is 7.01. The molecule has 1 amide bonds. The van der Waals surface area contributed by atoms with E-state index in [-0.39, 0.29) is 16.5 Å². The second-order valence-corrected chi connectivity index (χ2v) is 12.9. The van der Waals surface area contributed by atoms with E-state index >= 15 is 0 Å². The van der Waals surface area contributed by atoms with Crippen LogP contribution in [0.15, 0.2) is 64.9 Å². The van der Waals surface area contributed by atoms with Crippen LogP contribution in [-0.4, -0.2) is 62.1 Å². The summed E-state index contributed by atoms with van der Waals surface area (Å²) < 4.78 is 34.3. The summed E-state index contributed by atoms with van der Waals surface area (Å²) in [7, 11) is -4.08. The van der Waals surface area contributed by atoms with Gasteiger partial charge in [-0.3, -0.25) is 9.59 Å². The number of rotatable bonds is 9. The maximum atomic E-state index is 13.2. The third kappa shape index (κ3) is 5.64. The summed E-state index contributed by atoms with van der Waals surface area (Å²) in [5.41, 5.74) is 0.844. The Morgan fingerprint density at radius 2 is 1.84 bits per heavy atom. The Bertz CT molecular complexity index is 1450. The summed E-state index contributed by atoms with van der Waals surface area (Å²) in [6, 6.07) is 17.6. The number of carboxylic acids is 1. The van der Waals surface area contributed by atoms with Gasteiger partial charge in [0.1, 0.15) is 9.75 Å². The molecule has 2 unspecified atom stereocenters. The van der Waals surface area contributed by atoms with Gasteiger partial charge in [-0.15, -0.1) is 11.3 Å². The highest BCUT2D eigenvalue weighted by Crippen LogP contribution is 2.53. The number of morpholine rings is 1. The Hall–Kier alpha value is -2.76. The van der Waals surface area contributed by atoms with Crippen molar-refractivity contribution in [1.82, 2.24) is 9.62 Å². The smallest absolute Gasteiger partial charge is 0.325 e. The average Bonchev–Trinajstić information content (AvgIpc) is 3.41. The number of benzene rings is 2. The summed E-state index contributed by atoms with van der Waals surface area (Å²) in [5, 5.41) is 10.6. The van der Waals surface area contributed by atoms with Gasteiger partial charge in [-0.2, -0.15) is 4.72 Å². The van der Waals surface area contributed by atoms with Crippen molar-refractivity contribution in [2.24, 2.45) is 0 Å². The van der Waals surface area contributed by atoms with Crippen LogP contribution >= 0.6 is 22.9 Å². The zero-order valence-electron chi connectivity index (χ0n) is 20.4.